The lowest BCUT2D eigenvalue weighted by atomic mass is 10.3. The van der Waals surface area contributed by atoms with Gasteiger partial charge in [-0.25, -0.2) is 0 Å². The lowest BCUT2D eigenvalue weighted by Crippen LogP contribution is -2.35. The lowest BCUT2D eigenvalue weighted by molar-refractivity contribution is 0.294. The first-order chi connectivity index (χ1) is 9.99. The Morgan fingerprint density at radius 3 is 2.14 bits per heavy atom. The Labute approximate surface area is 128 Å². The molecule has 120 valence electrons. The molecule has 0 fully saturated rings. The molecule has 21 heavy (non-hydrogen) atoms. The molecule has 0 saturated carbocycles. The fraction of sp³-hybridized carbons (Fsp3) is 0.786. The van der Waals surface area contributed by atoms with Gasteiger partial charge in [-0.05, 0) is 26.9 Å². The maximum absolute atomic E-state index is 4.45. The van der Waals surface area contributed by atoms with Crippen LogP contribution in [-0.2, 0) is 0 Å². The average molecular weight is 295 g/mol. The van der Waals surface area contributed by atoms with Crippen LogP contribution >= 0.6 is 0 Å². The molecule has 1 atom stereocenters. The van der Waals surface area contributed by atoms with Gasteiger partial charge in [-0.3, -0.25) is 0 Å². The Bertz CT molecular complexity index is 418. The lowest BCUT2D eigenvalue weighted by Gasteiger charge is -2.23. The van der Waals surface area contributed by atoms with Crippen molar-refractivity contribution in [3.05, 3.63) is 0 Å². The fourth-order valence-electron chi connectivity index (χ4n) is 2.00. The van der Waals surface area contributed by atoms with Crippen LogP contribution in [0.25, 0.3) is 0 Å². The number of rotatable bonds is 9. The number of hydrogen-bond donors (Lipinski definition) is 2. The zero-order valence-electron chi connectivity index (χ0n) is 14.1. The second-order valence-corrected chi connectivity index (χ2v) is 5.24. The topological polar surface area (TPSA) is 69.2 Å². The summed E-state index contributed by atoms with van der Waals surface area (Å²) in [6.07, 6.45) is 0. The highest BCUT2D eigenvalue weighted by atomic mass is 15.3. The minimum Gasteiger partial charge on any atom is -0.354 e. The van der Waals surface area contributed by atoms with E-state index in [9.17, 15) is 0 Å². The third-order valence-corrected chi connectivity index (χ3v) is 3.16. The van der Waals surface area contributed by atoms with Crippen molar-refractivity contribution in [3.8, 4) is 0 Å². The smallest absolute Gasteiger partial charge is 0.231 e. The van der Waals surface area contributed by atoms with E-state index >= 15 is 0 Å². The summed E-state index contributed by atoms with van der Waals surface area (Å²) in [6, 6.07) is 0.275. The third kappa shape index (κ3) is 5.71. The molecule has 7 heteroatoms. The van der Waals surface area contributed by atoms with Crippen LogP contribution < -0.4 is 15.5 Å². The van der Waals surface area contributed by atoms with E-state index in [1.54, 1.807) is 0 Å². The SMILES string of the molecule is CCNc1nc(NC(C)CN(CC)CC)nc(N(C)C)n1. The van der Waals surface area contributed by atoms with Gasteiger partial charge in [0.25, 0.3) is 0 Å². The molecule has 2 N–H and O–H groups in total. The van der Waals surface area contributed by atoms with Gasteiger partial charge < -0.3 is 20.4 Å². The van der Waals surface area contributed by atoms with Crippen LogP contribution in [0, 0.1) is 0 Å². The normalized spacial score (nSPS) is 12.3. The van der Waals surface area contributed by atoms with E-state index < -0.39 is 0 Å². The molecule has 1 unspecified atom stereocenters. The van der Waals surface area contributed by atoms with Crippen molar-refractivity contribution in [3.63, 3.8) is 0 Å². The van der Waals surface area contributed by atoms with Crippen molar-refractivity contribution >= 4 is 17.8 Å². The maximum atomic E-state index is 4.45. The van der Waals surface area contributed by atoms with Gasteiger partial charge in [-0.1, -0.05) is 13.8 Å². The van der Waals surface area contributed by atoms with Gasteiger partial charge >= 0.3 is 0 Å². The number of nitrogens with zero attached hydrogens (tertiary/aromatic N) is 5. The monoisotopic (exact) mass is 295 g/mol. The number of anilines is 3. The van der Waals surface area contributed by atoms with E-state index in [0.29, 0.717) is 17.8 Å². The van der Waals surface area contributed by atoms with Gasteiger partial charge in [0.1, 0.15) is 0 Å². The highest BCUT2D eigenvalue weighted by Gasteiger charge is 2.12. The molecule has 1 rings (SSSR count). The summed E-state index contributed by atoms with van der Waals surface area (Å²) in [5, 5.41) is 6.50. The quantitative estimate of drug-likeness (QED) is 0.715. The third-order valence-electron chi connectivity index (χ3n) is 3.16. The molecule has 0 bridgehead atoms. The number of nitrogens with one attached hydrogen (secondary N) is 2. The van der Waals surface area contributed by atoms with Gasteiger partial charge in [-0.15, -0.1) is 0 Å². The summed E-state index contributed by atoms with van der Waals surface area (Å²) in [5.74, 6) is 1.87. The first-order valence-electron chi connectivity index (χ1n) is 7.66. The summed E-state index contributed by atoms with van der Waals surface area (Å²) in [7, 11) is 3.85. The minimum atomic E-state index is 0.275. The van der Waals surface area contributed by atoms with Gasteiger partial charge in [0.2, 0.25) is 17.8 Å². The van der Waals surface area contributed by atoms with Crippen LogP contribution in [0.1, 0.15) is 27.7 Å². The van der Waals surface area contributed by atoms with Crippen LogP contribution in [0.4, 0.5) is 17.8 Å². The summed E-state index contributed by atoms with van der Waals surface area (Å²) in [4.78, 5) is 17.5. The minimum absolute atomic E-state index is 0.275. The first-order valence-corrected chi connectivity index (χ1v) is 7.66. The molecule has 1 aromatic rings. The van der Waals surface area contributed by atoms with Crippen LogP contribution in [-0.4, -0.2) is 66.2 Å². The van der Waals surface area contributed by atoms with Crippen molar-refractivity contribution in [1.29, 1.82) is 0 Å². The van der Waals surface area contributed by atoms with E-state index in [-0.39, 0.29) is 6.04 Å². The standard InChI is InChI=1S/C14H29N7/c1-7-15-12-17-13(19-14(18-12)20(5)6)16-11(4)10-21(8-2)9-3/h11H,7-10H2,1-6H3,(H2,15,16,17,18,19). The van der Waals surface area contributed by atoms with E-state index in [1.807, 2.05) is 25.9 Å². The molecular weight excluding hydrogens is 266 g/mol. The van der Waals surface area contributed by atoms with Crippen molar-refractivity contribution in [1.82, 2.24) is 19.9 Å². The van der Waals surface area contributed by atoms with Gasteiger partial charge in [0, 0.05) is 33.2 Å². The van der Waals surface area contributed by atoms with Crippen molar-refractivity contribution in [2.24, 2.45) is 0 Å². The molecule has 0 aliphatic rings. The molecule has 0 radical (unpaired) electrons. The Kier molecular flexibility index (Phi) is 7.14. The molecule has 0 aromatic carbocycles. The average Bonchev–Trinajstić information content (AvgIpc) is 2.44. The summed E-state index contributed by atoms with van der Waals surface area (Å²) in [6.45, 7) is 12.4. The Morgan fingerprint density at radius 2 is 1.62 bits per heavy atom. The van der Waals surface area contributed by atoms with Crippen LogP contribution in [0.3, 0.4) is 0 Å². The molecule has 1 heterocycles. The van der Waals surface area contributed by atoms with Crippen molar-refractivity contribution in [2.45, 2.75) is 33.7 Å². The second kappa shape index (κ2) is 8.61. The summed E-state index contributed by atoms with van der Waals surface area (Å²) >= 11 is 0. The number of aromatic nitrogens is 3. The van der Waals surface area contributed by atoms with Crippen molar-refractivity contribution in [2.75, 3.05) is 55.8 Å². The van der Waals surface area contributed by atoms with E-state index in [4.69, 9.17) is 0 Å². The zero-order valence-corrected chi connectivity index (χ0v) is 14.1. The molecule has 0 saturated heterocycles. The van der Waals surface area contributed by atoms with Crippen LogP contribution in [0.15, 0.2) is 0 Å². The van der Waals surface area contributed by atoms with E-state index in [0.717, 1.165) is 26.2 Å². The zero-order chi connectivity index (χ0) is 15.8. The summed E-state index contributed by atoms with van der Waals surface area (Å²) in [5.41, 5.74) is 0. The second-order valence-electron chi connectivity index (χ2n) is 5.24. The Hall–Kier alpha value is -1.63. The Balaban J connectivity index is 2.81. The fourth-order valence-corrected chi connectivity index (χ4v) is 2.00. The Morgan fingerprint density at radius 1 is 1.00 bits per heavy atom. The van der Waals surface area contributed by atoms with Crippen LogP contribution in [0.2, 0.25) is 0 Å². The largest absolute Gasteiger partial charge is 0.354 e. The molecule has 0 spiro atoms. The van der Waals surface area contributed by atoms with Gasteiger partial charge in [0.05, 0.1) is 0 Å². The molecule has 7 nitrogen and oxygen atoms in total. The van der Waals surface area contributed by atoms with Gasteiger partial charge in [-0.2, -0.15) is 15.0 Å². The predicted octanol–water partition coefficient (Wildman–Crippen LogP) is 1.51. The molecular formula is C14H29N7. The van der Waals surface area contributed by atoms with Gasteiger partial charge in [0.15, 0.2) is 0 Å². The van der Waals surface area contributed by atoms with E-state index in [1.165, 1.54) is 0 Å². The molecule has 0 aliphatic heterocycles. The highest BCUT2D eigenvalue weighted by molar-refractivity contribution is 5.43. The highest BCUT2D eigenvalue weighted by Crippen LogP contribution is 2.12. The molecule has 0 aliphatic carbocycles. The first kappa shape index (κ1) is 17.4. The van der Waals surface area contributed by atoms with Crippen LogP contribution in [0.5, 0.6) is 0 Å². The summed E-state index contributed by atoms with van der Waals surface area (Å²) < 4.78 is 0. The van der Waals surface area contributed by atoms with E-state index in [2.05, 4.69) is 51.3 Å². The predicted molar refractivity (Wildman–Crippen MR) is 89.2 cm³/mol. The number of likely N-dealkylation sites (N-methyl/N-ethyl adjacent to an activating group) is 1. The molecule has 1 aromatic heterocycles. The number of hydrogen-bond acceptors (Lipinski definition) is 7. The maximum Gasteiger partial charge on any atom is 0.231 e. The van der Waals surface area contributed by atoms with Crippen molar-refractivity contribution < 1.29 is 0 Å². The molecule has 0 amide bonds.